The third-order valence-electron chi connectivity index (χ3n) is 7.18. The zero-order valence-electron chi connectivity index (χ0n) is 22.4. The molecular formula is C32H29N7O. The summed E-state index contributed by atoms with van der Waals surface area (Å²) in [5.74, 6) is 7.33. The molecule has 1 aromatic carbocycles. The lowest BCUT2D eigenvalue weighted by Crippen LogP contribution is -2.37. The van der Waals surface area contributed by atoms with Crippen molar-refractivity contribution in [3.63, 3.8) is 0 Å². The lowest BCUT2D eigenvalue weighted by atomic mass is 10.0. The Morgan fingerprint density at radius 2 is 1.80 bits per heavy atom. The fourth-order valence-corrected chi connectivity index (χ4v) is 5.10. The standard InChI is InChI=1S/C32H29N7O/c1-37-22-28(21-35-37)26-17-30(32-27(18-33)20-36-39(32)23-26)25-10-11-31(34-19-25)38-14-12-29(13-15-38)40-16-6-5-9-24-7-3-2-4-8-24/h2-4,7-8,10-11,17,19-23,29H,6,12-16H2,1H3. The number of ether oxygens (including phenoxy) is 1. The molecule has 0 atom stereocenters. The number of aromatic nitrogens is 5. The monoisotopic (exact) mass is 527 g/mol. The van der Waals surface area contributed by atoms with Crippen LogP contribution >= 0.6 is 0 Å². The lowest BCUT2D eigenvalue weighted by Gasteiger charge is -2.32. The fraction of sp³-hybridized carbons (Fsp3) is 0.250. The van der Waals surface area contributed by atoms with E-state index in [1.807, 2.05) is 62.2 Å². The number of rotatable bonds is 6. The molecule has 0 saturated carbocycles. The van der Waals surface area contributed by atoms with Crippen LogP contribution in [-0.4, -0.2) is 50.2 Å². The van der Waals surface area contributed by atoms with E-state index in [1.54, 1.807) is 15.4 Å². The Bertz CT molecular complexity index is 1710. The maximum atomic E-state index is 9.69. The number of anilines is 1. The van der Waals surface area contributed by atoms with Gasteiger partial charge < -0.3 is 9.64 Å². The van der Waals surface area contributed by atoms with E-state index < -0.39 is 0 Å². The van der Waals surface area contributed by atoms with Gasteiger partial charge in [-0.3, -0.25) is 4.68 Å². The normalized spacial score (nSPS) is 13.7. The summed E-state index contributed by atoms with van der Waals surface area (Å²) in [5.41, 5.74) is 6.15. The Morgan fingerprint density at radius 3 is 2.52 bits per heavy atom. The summed E-state index contributed by atoms with van der Waals surface area (Å²) in [5, 5.41) is 18.4. The van der Waals surface area contributed by atoms with Crippen LogP contribution in [0.15, 0.2) is 79.5 Å². The average molecular weight is 528 g/mol. The minimum absolute atomic E-state index is 0.254. The van der Waals surface area contributed by atoms with Crippen LogP contribution < -0.4 is 4.90 Å². The number of nitriles is 1. The summed E-state index contributed by atoms with van der Waals surface area (Å²) in [6, 6.07) is 18.5. The van der Waals surface area contributed by atoms with Crippen LogP contribution in [0, 0.1) is 23.2 Å². The third kappa shape index (κ3) is 5.44. The molecule has 0 amide bonds. The highest BCUT2D eigenvalue weighted by molar-refractivity contribution is 5.87. The zero-order chi connectivity index (χ0) is 27.3. The summed E-state index contributed by atoms with van der Waals surface area (Å²) in [7, 11) is 1.89. The van der Waals surface area contributed by atoms with E-state index in [-0.39, 0.29) is 6.10 Å². The highest BCUT2D eigenvalue weighted by Gasteiger charge is 2.21. The van der Waals surface area contributed by atoms with Crippen molar-refractivity contribution >= 4 is 11.3 Å². The first-order valence-electron chi connectivity index (χ1n) is 13.5. The minimum Gasteiger partial charge on any atom is -0.377 e. The molecule has 0 aliphatic carbocycles. The highest BCUT2D eigenvalue weighted by atomic mass is 16.5. The zero-order valence-corrected chi connectivity index (χ0v) is 22.4. The molecule has 0 bridgehead atoms. The predicted octanol–water partition coefficient (Wildman–Crippen LogP) is 5.10. The maximum Gasteiger partial charge on any atom is 0.128 e. The number of benzene rings is 1. The van der Waals surface area contributed by atoms with E-state index in [0.29, 0.717) is 12.2 Å². The Balaban J connectivity index is 1.11. The van der Waals surface area contributed by atoms with Crippen molar-refractivity contribution in [2.24, 2.45) is 7.05 Å². The summed E-state index contributed by atoms with van der Waals surface area (Å²) in [6.45, 7) is 2.45. The molecule has 6 rings (SSSR count). The predicted molar refractivity (Wildman–Crippen MR) is 154 cm³/mol. The largest absolute Gasteiger partial charge is 0.377 e. The third-order valence-corrected chi connectivity index (χ3v) is 7.18. The summed E-state index contributed by atoms with van der Waals surface area (Å²) in [4.78, 5) is 7.12. The van der Waals surface area contributed by atoms with Crippen LogP contribution in [0.3, 0.4) is 0 Å². The van der Waals surface area contributed by atoms with E-state index in [0.717, 1.165) is 71.5 Å². The van der Waals surface area contributed by atoms with Gasteiger partial charge in [-0.05, 0) is 43.2 Å². The van der Waals surface area contributed by atoms with Gasteiger partial charge in [0.1, 0.15) is 11.9 Å². The van der Waals surface area contributed by atoms with Crippen molar-refractivity contribution in [1.82, 2.24) is 24.4 Å². The van der Waals surface area contributed by atoms with E-state index in [4.69, 9.17) is 9.72 Å². The molecule has 5 heterocycles. The van der Waals surface area contributed by atoms with Crippen LogP contribution in [0.1, 0.15) is 30.4 Å². The maximum absolute atomic E-state index is 9.69. The van der Waals surface area contributed by atoms with Gasteiger partial charge in [-0.15, -0.1) is 0 Å². The van der Waals surface area contributed by atoms with Crippen molar-refractivity contribution in [3.05, 3.63) is 90.6 Å². The second-order valence-corrected chi connectivity index (χ2v) is 9.89. The number of hydrogen-bond acceptors (Lipinski definition) is 6. The van der Waals surface area contributed by atoms with E-state index in [9.17, 15) is 5.26 Å². The molecular weight excluding hydrogens is 498 g/mol. The molecule has 198 valence electrons. The lowest BCUT2D eigenvalue weighted by molar-refractivity contribution is 0.0407. The van der Waals surface area contributed by atoms with Gasteiger partial charge in [0.05, 0.1) is 36.2 Å². The Kier molecular flexibility index (Phi) is 7.26. The van der Waals surface area contributed by atoms with Gasteiger partial charge in [-0.2, -0.15) is 15.5 Å². The molecule has 4 aromatic heterocycles. The topological polar surface area (TPSA) is 84.3 Å². The van der Waals surface area contributed by atoms with Crippen molar-refractivity contribution in [3.8, 4) is 40.2 Å². The van der Waals surface area contributed by atoms with Crippen LogP contribution in [0.2, 0.25) is 0 Å². The number of piperidine rings is 1. The van der Waals surface area contributed by atoms with Crippen LogP contribution in [0.5, 0.6) is 0 Å². The van der Waals surface area contributed by atoms with Crippen molar-refractivity contribution in [2.45, 2.75) is 25.4 Å². The molecule has 0 radical (unpaired) electrons. The SMILES string of the molecule is Cn1cc(-c2cc(-c3ccc(N4CCC(OCCC#Cc5ccccc5)CC4)nc3)c3c(C#N)cnn3c2)cn1. The van der Waals surface area contributed by atoms with Gasteiger partial charge in [0.25, 0.3) is 0 Å². The Labute approximate surface area is 233 Å². The molecule has 1 saturated heterocycles. The fourth-order valence-electron chi connectivity index (χ4n) is 5.10. The summed E-state index contributed by atoms with van der Waals surface area (Å²) >= 11 is 0. The molecule has 40 heavy (non-hydrogen) atoms. The van der Waals surface area contributed by atoms with Gasteiger partial charge >= 0.3 is 0 Å². The van der Waals surface area contributed by atoms with E-state index in [1.165, 1.54) is 0 Å². The molecule has 1 fully saturated rings. The summed E-state index contributed by atoms with van der Waals surface area (Å²) < 4.78 is 9.63. The van der Waals surface area contributed by atoms with Crippen LogP contribution in [-0.2, 0) is 11.8 Å². The summed E-state index contributed by atoms with van der Waals surface area (Å²) in [6.07, 6.45) is 12.1. The van der Waals surface area contributed by atoms with Gasteiger partial charge in [0.15, 0.2) is 0 Å². The molecule has 5 aromatic rings. The quantitative estimate of drug-likeness (QED) is 0.226. The Hall–Kier alpha value is -4.92. The average Bonchev–Trinajstić information content (AvgIpc) is 3.63. The van der Waals surface area contributed by atoms with E-state index >= 15 is 0 Å². The van der Waals surface area contributed by atoms with Crippen LogP contribution in [0.4, 0.5) is 5.82 Å². The van der Waals surface area contributed by atoms with Gasteiger partial charge in [0.2, 0.25) is 0 Å². The van der Waals surface area contributed by atoms with Gasteiger partial charge in [-0.25, -0.2) is 9.50 Å². The van der Waals surface area contributed by atoms with E-state index in [2.05, 4.69) is 51.2 Å². The van der Waals surface area contributed by atoms with Crippen molar-refractivity contribution < 1.29 is 4.74 Å². The number of aryl methyl sites for hydroxylation is 1. The molecule has 8 nitrogen and oxygen atoms in total. The molecule has 0 spiro atoms. The number of fused-ring (bicyclic) bond motifs is 1. The first-order chi connectivity index (χ1) is 19.7. The number of pyridine rings is 2. The van der Waals surface area contributed by atoms with Crippen molar-refractivity contribution in [1.29, 1.82) is 5.26 Å². The second-order valence-electron chi connectivity index (χ2n) is 9.89. The van der Waals surface area contributed by atoms with Gasteiger partial charge in [0, 0.05) is 73.0 Å². The highest BCUT2D eigenvalue weighted by Crippen LogP contribution is 2.32. The van der Waals surface area contributed by atoms with Crippen LogP contribution in [0.25, 0.3) is 27.8 Å². The van der Waals surface area contributed by atoms with Gasteiger partial charge in [-0.1, -0.05) is 30.0 Å². The first-order valence-corrected chi connectivity index (χ1v) is 13.5. The molecule has 8 heteroatoms. The molecule has 1 aliphatic heterocycles. The number of hydrogen-bond donors (Lipinski definition) is 0. The van der Waals surface area contributed by atoms with Crippen molar-refractivity contribution in [2.75, 3.05) is 24.6 Å². The molecule has 0 unspecified atom stereocenters. The molecule has 1 aliphatic rings. The second kappa shape index (κ2) is 11.4. The minimum atomic E-state index is 0.254. The number of nitrogens with zero attached hydrogens (tertiary/aromatic N) is 7. The Morgan fingerprint density at radius 1 is 0.950 bits per heavy atom. The molecule has 0 N–H and O–H groups in total. The smallest absolute Gasteiger partial charge is 0.128 e. The first kappa shape index (κ1) is 25.4.